The van der Waals surface area contributed by atoms with Gasteiger partial charge in [0.15, 0.2) is 6.61 Å². The molecule has 3 rings (SSSR count). The van der Waals surface area contributed by atoms with Gasteiger partial charge in [-0.25, -0.2) is 18.3 Å². The Morgan fingerprint density at radius 1 is 1.07 bits per heavy atom. The highest BCUT2D eigenvalue weighted by molar-refractivity contribution is 6.01. The fourth-order valence-corrected chi connectivity index (χ4v) is 2.76. The van der Waals surface area contributed by atoms with Gasteiger partial charge in [-0.3, -0.25) is 4.79 Å². The van der Waals surface area contributed by atoms with E-state index < -0.39 is 35.6 Å². The Morgan fingerprint density at radius 3 is 2.28 bits per heavy atom. The average Bonchev–Trinajstić information content (AvgIpc) is 3.00. The molecule has 29 heavy (non-hydrogen) atoms. The highest BCUT2D eigenvalue weighted by Gasteiger charge is 2.24. The number of ether oxygens (including phenoxy) is 2. The van der Waals surface area contributed by atoms with Crippen LogP contribution in [0.1, 0.15) is 26.4 Å². The number of nitrogen functional groups attached to an aromatic ring is 1. The van der Waals surface area contributed by atoms with Crippen LogP contribution in [0.25, 0.3) is 5.69 Å². The van der Waals surface area contributed by atoms with Crippen LogP contribution < -0.4 is 10.5 Å². The Morgan fingerprint density at radius 2 is 1.69 bits per heavy atom. The minimum atomic E-state index is -1.03. The van der Waals surface area contributed by atoms with Crippen molar-refractivity contribution in [2.45, 2.75) is 6.92 Å². The number of nitrogens with two attached hydrogens (primary N) is 1. The highest BCUT2D eigenvalue weighted by atomic mass is 19.1. The molecule has 0 amide bonds. The number of esters is 1. The molecule has 2 N–H and O–H groups in total. The Kier molecular flexibility index (Phi) is 5.58. The fourth-order valence-electron chi connectivity index (χ4n) is 2.76. The van der Waals surface area contributed by atoms with Gasteiger partial charge in [0, 0.05) is 0 Å². The molecule has 0 atom stereocenters. The number of methoxy groups -OCH3 is 1. The number of aryl methyl sites for hydroxylation is 1. The number of Topliss-reactive ketones (excluding diaryl/α,β-unsaturated/α-hetero) is 1. The van der Waals surface area contributed by atoms with Crippen molar-refractivity contribution in [2.24, 2.45) is 0 Å². The van der Waals surface area contributed by atoms with E-state index in [-0.39, 0.29) is 17.1 Å². The number of carbonyl (C=O) groups excluding carboxylic acids is 2. The van der Waals surface area contributed by atoms with Crippen molar-refractivity contribution >= 4 is 17.6 Å². The topological polar surface area (TPSA) is 96.4 Å². The summed E-state index contributed by atoms with van der Waals surface area (Å²) in [5.41, 5.74) is 6.08. The van der Waals surface area contributed by atoms with Crippen molar-refractivity contribution in [1.82, 2.24) is 9.78 Å². The van der Waals surface area contributed by atoms with Gasteiger partial charge >= 0.3 is 5.97 Å². The van der Waals surface area contributed by atoms with Crippen LogP contribution in [0.4, 0.5) is 14.6 Å². The molecule has 0 spiro atoms. The first-order valence-corrected chi connectivity index (χ1v) is 8.47. The molecule has 7 nitrogen and oxygen atoms in total. The van der Waals surface area contributed by atoms with Crippen molar-refractivity contribution in [3.8, 4) is 11.4 Å². The third-order valence-corrected chi connectivity index (χ3v) is 4.19. The molecule has 3 aromatic rings. The second-order valence-corrected chi connectivity index (χ2v) is 6.05. The van der Waals surface area contributed by atoms with Gasteiger partial charge in [-0.05, 0) is 43.3 Å². The first kappa shape index (κ1) is 20.0. The quantitative estimate of drug-likeness (QED) is 0.504. The van der Waals surface area contributed by atoms with Gasteiger partial charge in [-0.2, -0.15) is 5.10 Å². The second-order valence-electron chi connectivity index (χ2n) is 6.05. The minimum absolute atomic E-state index is 0.00203. The standard InChI is InChI=1S/C20H17F2N3O4/c1-11-17(19(23)25(24-11)12-6-8-13(28-2)9-7-12)20(27)29-10-16(26)18-14(21)4-3-5-15(18)22/h3-9H,10,23H2,1-2H3. The maximum absolute atomic E-state index is 13.7. The van der Waals surface area contributed by atoms with Crippen molar-refractivity contribution in [1.29, 1.82) is 0 Å². The van der Waals surface area contributed by atoms with Crippen LogP contribution in [-0.2, 0) is 4.74 Å². The van der Waals surface area contributed by atoms with E-state index in [9.17, 15) is 18.4 Å². The molecule has 0 aliphatic heterocycles. The van der Waals surface area contributed by atoms with E-state index in [1.165, 1.54) is 11.8 Å². The molecule has 9 heteroatoms. The Bertz CT molecular complexity index is 1060. The first-order valence-electron chi connectivity index (χ1n) is 8.47. The number of hydrogen-bond donors (Lipinski definition) is 1. The summed E-state index contributed by atoms with van der Waals surface area (Å²) in [4.78, 5) is 24.5. The summed E-state index contributed by atoms with van der Waals surface area (Å²) in [5, 5.41) is 4.22. The summed E-state index contributed by atoms with van der Waals surface area (Å²) in [6, 6.07) is 9.81. The molecular formula is C20H17F2N3O4. The maximum atomic E-state index is 13.7. The molecule has 0 bridgehead atoms. The molecule has 0 radical (unpaired) electrons. The Hall–Kier alpha value is -3.75. The highest BCUT2D eigenvalue weighted by Crippen LogP contribution is 2.23. The van der Waals surface area contributed by atoms with Crippen LogP contribution in [-0.4, -0.2) is 35.2 Å². The summed E-state index contributed by atoms with van der Waals surface area (Å²) < 4.78 is 38.7. The maximum Gasteiger partial charge on any atom is 0.344 e. The molecule has 0 fully saturated rings. The van der Waals surface area contributed by atoms with Gasteiger partial charge in [0.2, 0.25) is 5.78 Å². The van der Waals surface area contributed by atoms with E-state index in [0.717, 1.165) is 18.2 Å². The van der Waals surface area contributed by atoms with Gasteiger partial charge in [-0.15, -0.1) is 0 Å². The van der Waals surface area contributed by atoms with Gasteiger partial charge in [0.25, 0.3) is 0 Å². The Labute approximate surface area is 164 Å². The zero-order valence-corrected chi connectivity index (χ0v) is 15.6. The van der Waals surface area contributed by atoms with E-state index in [1.807, 2.05) is 0 Å². The lowest BCUT2D eigenvalue weighted by molar-refractivity contribution is 0.0472. The summed E-state index contributed by atoms with van der Waals surface area (Å²) >= 11 is 0. The lowest BCUT2D eigenvalue weighted by Gasteiger charge is -2.07. The molecule has 0 saturated carbocycles. The van der Waals surface area contributed by atoms with Gasteiger partial charge in [0.05, 0.1) is 24.1 Å². The van der Waals surface area contributed by atoms with E-state index in [1.54, 1.807) is 31.2 Å². The SMILES string of the molecule is COc1ccc(-n2nc(C)c(C(=O)OCC(=O)c3c(F)cccc3F)c2N)cc1. The molecule has 0 aliphatic carbocycles. The smallest absolute Gasteiger partial charge is 0.344 e. The molecule has 150 valence electrons. The van der Waals surface area contributed by atoms with Crippen molar-refractivity contribution in [2.75, 3.05) is 19.5 Å². The van der Waals surface area contributed by atoms with E-state index in [2.05, 4.69) is 5.10 Å². The van der Waals surface area contributed by atoms with E-state index in [0.29, 0.717) is 11.4 Å². The van der Waals surface area contributed by atoms with Crippen LogP contribution in [0, 0.1) is 18.6 Å². The number of nitrogens with zero attached hydrogens (tertiary/aromatic N) is 2. The van der Waals surface area contributed by atoms with Crippen LogP contribution >= 0.6 is 0 Å². The third-order valence-electron chi connectivity index (χ3n) is 4.19. The summed E-state index contributed by atoms with van der Waals surface area (Å²) in [5.74, 6) is -3.36. The van der Waals surface area contributed by atoms with Crippen LogP contribution in [0.3, 0.4) is 0 Å². The third kappa shape index (κ3) is 3.93. The Balaban J connectivity index is 1.79. The van der Waals surface area contributed by atoms with Gasteiger partial charge < -0.3 is 15.2 Å². The van der Waals surface area contributed by atoms with Crippen molar-refractivity contribution in [3.05, 3.63) is 70.9 Å². The number of benzene rings is 2. The zero-order valence-electron chi connectivity index (χ0n) is 15.6. The van der Waals surface area contributed by atoms with Crippen LogP contribution in [0.15, 0.2) is 42.5 Å². The largest absolute Gasteiger partial charge is 0.497 e. The van der Waals surface area contributed by atoms with Crippen molar-refractivity contribution in [3.63, 3.8) is 0 Å². The summed E-state index contributed by atoms with van der Waals surface area (Å²) in [7, 11) is 1.53. The predicted molar refractivity (Wildman–Crippen MR) is 100 cm³/mol. The number of hydrogen-bond acceptors (Lipinski definition) is 6. The zero-order chi connectivity index (χ0) is 21.1. The number of ketones is 1. The first-order chi connectivity index (χ1) is 13.8. The molecule has 0 aliphatic rings. The van der Waals surface area contributed by atoms with Crippen LogP contribution in [0.5, 0.6) is 5.75 Å². The number of anilines is 1. The molecule has 0 saturated heterocycles. The molecule has 1 heterocycles. The van der Waals surface area contributed by atoms with E-state index >= 15 is 0 Å². The van der Waals surface area contributed by atoms with Gasteiger partial charge in [0.1, 0.15) is 28.8 Å². The average molecular weight is 401 g/mol. The second kappa shape index (κ2) is 8.09. The monoisotopic (exact) mass is 401 g/mol. The van der Waals surface area contributed by atoms with Crippen LogP contribution in [0.2, 0.25) is 0 Å². The molecule has 2 aromatic carbocycles. The number of halogens is 2. The molecule has 0 unspecified atom stereocenters. The van der Waals surface area contributed by atoms with Crippen molar-refractivity contribution < 1.29 is 27.8 Å². The fraction of sp³-hybridized carbons (Fsp3) is 0.150. The lowest BCUT2D eigenvalue weighted by Crippen LogP contribution is -2.18. The molecule has 1 aromatic heterocycles. The predicted octanol–water partition coefficient (Wildman–Crippen LogP) is 3.09. The number of rotatable bonds is 6. The number of aromatic nitrogens is 2. The molecular weight excluding hydrogens is 384 g/mol. The summed E-state index contributed by atoms with van der Waals surface area (Å²) in [6.07, 6.45) is 0. The lowest BCUT2D eigenvalue weighted by atomic mass is 10.1. The summed E-state index contributed by atoms with van der Waals surface area (Å²) in [6.45, 7) is 0.703. The minimum Gasteiger partial charge on any atom is -0.497 e. The normalized spacial score (nSPS) is 10.6. The number of carbonyl (C=O) groups is 2. The van der Waals surface area contributed by atoms with E-state index in [4.69, 9.17) is 15.2 Å². The van der Waals surface area contributed by atoms with Gasteiger partial charge in [-0.1, -0.05) is 6.07 Å².